The number of piperazine rings is 1. The molecule has 2 aliphatic rings. The molecule has 1 amide bonds. The van der Waals surface area contributed by atoms with E-state index in [4.69, 9.17) is 19.9 Å². The van der Waals surface area contributed by atoms with Gasteiger partial charge >= 0.3 is 12.1 Å². The summed E-state index contributed by atoms with van der Waals surface area (Å²) in [6, 6.07) is 12.2. The highest BCUT2D eigenvalue weighted by molar-refractivity contribution is 9.10. The molecular weight excluding hydrogens is 600 g/mol. The predicted octanol–water partition coefficient (Wildman–Crippen LogP) is 4.96. The lowest BCUT2D eigenvalue weighted by Crippen LogP contribution is -2.49. The number of carboxylic acid groups (broad SMARTS) is 1. The van der Waals surface area contributed by atoms with Crippen LogP contribution in [0.2, 0.25) is 0 Å². The van der Waals surface area contributed by atoms with Crippen LogP contribution in [0.15, 0.2) is 40.9 Å². The number of hydrogen-bond acceptors (Lipinski definition) is 7. The van der Waals surface area contributed by atoms with Gasteiger partial charge in [-0.05, 0) is 71.6 Å². The van der Waals surface area contributed by atoms with Crippen LogP contribution >= 0.6 is 15.9 Å². The summed E-state index contributed by atoms with van der Waals surface area (Å²) in [5, 5.41) is 19.9. The number of carbonyl (C=O) groups excluding carboxylic acids is 1. The first-order chi connectivity index (χ1) is 19.0. The fraction of sp³-hybridized carbons (Fsp3) is 0.346. The number of nitriles is 1. The summed E-state index contributed by atoms with van der Waals surface area (Å²) in [7, 11) is 0. The van der Waals surface area contributed by atoms with Crippen LogP contribution < -0.4 is 10.2 Å². The van der Waals surface area contributed by atoms with Gasteiger partial charge in [-0.3, -0.25) is 4.79 Å². The molecule has 5 rings (SSSR count). The summed E-state index contributed by atoms with van der Waals surface area (Å²) >= 11 is 3.15. The number of anilines is 2. The molecular formula is C26H23BrF4N6O3. The van der Waals surface area contributed by atoms with Crippen LogP contribution in [0.5, 0.6) is 0 Å². The molecule has 0 radical (unpaired) electrons. The van der Waals surface area contributed by atoms with Crippen LogP contribution in [-0.2, 0) is 4.79 Å². The number of carbonyl (C=O) groups is 2. The van der Waals surface area contributed by atoms with E-state index in [-0.39, 0.29) is 10.4 Å². The molecule has 2 aromatic carbocycles. The van der Waals surface area contributed by atoms with Crippen molar-refractivity contribution in [1.29, 1.82) is 5.26 Å². The molecule has 3 aromatic rings. The van der Waals surface area contributed by atoms with Gasteiger partial charge in [-0.1, -0.05) is 0 Å². The Morgan fingerprint density at radius 1 is 1.05 bits per heavy atom. The Bertz CT molecular complexity index is 1470. The topological polar surface area (TPSA) is 122 Å². The van der Waals surface area contributed by atoms with Gasteiger partial charge in [-0.25, -0.2) is 19.2 Å². The number of aliphatic carboxylic acids is 1. The van der Waals surface area contributed by atoms with Crippen molar-refractivity contribution in [3.63, 3.8) is 0 Å². The minimum atomic E-state index is -5.08. The van der Waals surface area contributed by atoms with Crippen molar-refractivity contribution in [3.05, 3.63) is 57.8 Å². The molecule has 2 heterocycles. The van der Waals surface area contributed by atoms with E-state index >= 15 is 0 Å². The number of halogens is 5. The van der Waals surface area contributed by atoms with Crippen molar-refractivity contribution >= 4 is 50.5 Å². The van der Waals surface area contributed by atoms with Gasteiger partial charge in [0.25, 0.3) is 5.91 Å². The van der Waals surface area contributed by atoms with Crippen molar-refractivity contribution in [2.24, 2.45) is 0 Å². The predicted molar refractivity (Wildman–Crippen MR) is 141 cm³/mol. The zero-order valence-electron chi connectivity index (χ0n) is 20.9. The average molecular weight is 623 g/mol. The summed E-state index contributed by atoms with van der Waals surface area (Å²) in [5.41, 5.74) is 2.43. The van der Waals surface area contributed by atoms with E-state index in [1.165, 1.54) is 24.6 Å². The van der Waals surface area contributed by atoms with E-state index in [1.54, 1.807) is 17.0 Å². The van der Waals surface area contributed by atoms with Gasteiger partial charge in [0.15, 0.2) is 11.6 Å². The smallest absolute Gasteiger partial charge is 0.475 e. The minimum Gasteiger partial charge on any atom is -0.475 e. The maximum absolute atomic E-state index is 13.5. The molecule has 1 aliphatic carbocycles. The fourth-order valence-corrected chi connectivity index (χ4v) is 4.49. The molecule has 0 unspecified atom stereocenters. The molecule has 0 bridgehead atoms. The molecule has 0 spiro atoms. The molecule has 2 fully saturated rings. The number of nitrogens with zero attached hydrogens (tertiary/aromatic N) is 5. The number of rotatable bonds is 4. The Labute approximate surface area is 234 Å². The van der Waals surface area contributed by atoms with E-state index < -0.39 is 18.0 Å². The van der Waals surface area contributed by atoms with Gasteiger partial charge < -0.3 is 20.2 Å². The number of carboxylic acids is 1. The second-order valence-electron chi connectivity index (χ2n) is 9.19. The number of aromatic nitrogens is 2. The maximum Gasteiger partial charge on any atom is 0.490 e. The molecule has 9 nitrogen and oxygen atoms in total. The van der Waals surface area contributed by atoms with Crippen molar-refractivity contribution in [3.8, 4) is 6.07 Å². The molecule has 40 heavy (non-hydrogen) atoms. The first-order valence-corrected chi connectivity index (χ1v) is 13.0. The quantitative estimate of drug-likeness (QED) is 0.391. The third-order valence-corrected chi connectivity index (χ3v) is 7.10. The van der Waals surface area contributed by atoms with E-state index in [0.717, 1.165) is 30.0 Å². The highest BCUT2D eigenvalue weighted by Crippen LogP contribution is 2.31. The molecule has 0 atom stereocenters. The second kappa shape index (κ2) is 12.0. The number of amides is 1. The Morgan fingerprint density at radius 3 is 2.27 bits per heavy atom. The Hall–Kier alpha value is -3.99. The van der Waals surface area contributed by atoms with Crippen LogP contribution in [0.4, 0.5) is 29.2 Å². The highest BCUT2D eigenvalue weighted by atomic mass is 79.9. The Kier molecular flexibility index (Phi) is 8.73. The molecule has 14 heteroatoms. The Morgan fingerprint density at radius 2 is 1.73 bits per heavy atom. The summed E-state index contributed by atoms with van der Waals surface area (Å²) in [6.07, 6.45) is -1.65. The van der Waals surface area contributed by atoms with Gasteiger partial charge in [0.05, 0.1) is 27.1 Å². The molecule has 1 saturated carbocycles. The normalized spacial score (nSPS) is 15.5. The van der Waals surface area contributed by atoms with Crippen LogP contribution in [0.1, 0.15) is 35.2 Å². The van der Waals surface area contributed by atoms with Crippen molar-refractivity contribution in [2.75, 3.05) is 36.4 Å². The first-order valence-electron chi connectivity index (χ1n) is 12.2. The monoisotopic (exact) mass is 622 g/mol. The fourth-order valence-electron chi connectivity index (χ4n) is 4.11. The molecule has 1 saturated heterocycles. The number of benzene rings is 2. The van der Waals surface area contributed by atoms with E-state index in [9.17, 15) is 27.6 Å². The maximum atomic E-state index is 13.5. The highest BCUT2D eigenvalue weighted by Gasteiger charge is 2.38. The lowest BCUT2D eigenvalue weighted by molar-refractivity contribution is -0.192. The number of nitrogens with one attached hydrogen (secondary N) is 1. The lowest BCUT2D eigenvalue weighted by atomic mass is 9.93. The second-order valence-corrected chi connectivity index (χ2v) is 10.0. The summed E-state index contributed by atoms with van der Waals surface area (Å²) in [5.74, 6) is -1.77. The van der Waals surface area contributed by atoms with E-state index in [0.29, 0.717) is 48.9 Å². The molecule has 1 aromatic heterocycles. The van der Waals surface area contributed by atoms with E-state index in [2.05, 4.69) is 32.2 Å². The van der Waals surface area contributed by atoms with Gasteiger partial charge in [-0.2, -0.15) is 18.4 Å². The molecule has 210 valence electrons. The zero-order valence-corrected chi connectivity index (χ0v) is 22.5. The van der Waals surface area contributed by atoms with Crippen molar-refractivity contribution in [1.82, 2.24) is 14.9 Å². The SMILES string of the molecule is N#Cc1ccc2nc(NC3CCC3)c(N3CCN(C(=O)c4ccc(F)c(Br)c4)CC3)nc2c1.O=C(O)C(F)(F)F. The third-order valence-electron chi connectivity index (χ3n) is 6.50. The van der Waals surface area contributed by atoms with Crippen LogP contribution in [0, 0.1) is 17.1 Å². The number of fused-ring (bicyclic) bond motifs is 1. The van der Waals surface area contributed by atoms with Crippen molar-refractivity contribution < 1.29 is 32.3 Å². The first kappa shape index (κ1) is 29.0. The number of hydrogen-bond donors (Lipinski definition) is 2. The van der Waals surface area contributed by atoms with Crippen LogP contribution in [0.25, 0.3) is 11.0 Å². The molecule has 1 aliphatic heterocycles. The average Bonchev–Trinajstić information content (AvgIpc) is 2.91. The van der Waals surface area contributed by atoms with Crippen molar-refractivity contribution in [2.45, 2.75) is 31.5 Å². The minimum absolute atomic E-state index is 0.119. The molecule has 2 N–H and O–H groups in total. The summed E-state index contributed by atoms with van der Waals surface area (Å²) < 4.78 is 45.6. The summed E-state index contributed by atoms with van der Waals surface area (Å²) in [6.45, 7) is 2.25. The Balaban J connectivity index is 0.000000470. The largest absolute Gasteiger partial charge is 0.490 e. The standard InChI is InChI=1S/C24H22BrFN6O.C2HF3O2/c25-18-13-16(5-6-19(18)26)24(33)32-10-8-31(9-11-32)23-22(28-17-2-1-3-17)29-20-7-4-15(14-27)12-21(20)30-23;3-2(4,5)1(6)7/h4-7,12-13,17H,1-3,8-11H2,(H,28,29);(H,6,7). The van der Waals surface area contributed by atoms with Gasteiger partial charge in [0.2, 0.25) is 0 Å². The van der Waals surface area contributed by atoms with Gasteiger partial charge in [0, 0.05) is 37.8 Å². The number of alkyl halides is 3. The van der Waals surface area contributed by atoms with Crippen LogP contribution in [-0.4, -0.2) is 70.2 Å². The zero-order chi connectivity index (χ0) is 29.0. The van der Waals surface area contributed by atoms with Gasteiger partial charge in [0.1, 0.15) is 5.82 Å². The van der Waals surface area contributed by atoms with Crippen LogP contribution in [0.3, 0.4) is 0 Å². The summed E-state index contributed by atoms with van der Waals surface area (Å²) in [4.78, 5) is 35.4. The third kappa shape index (κ3) is 6.77. The van der Waals surface area contributed by atoms with E-state index in [1.807, 2.05) is 6.07 Å². The lowest BCUT2D eigenvalue weighted by Gasteiger charge is -2.37. The van der Waals surface area contributed by atoms with Gasteiger partial charge in [-0.15, -0.1) is 0 Å².